The highest BCUT2D eigenvalue weighted by Gasteiger charge is 1.93. The van der Waals surface area contributed by atoms with E-state index in [1.54, 1.807) is 0 Å². The third-order valence-electron chi connectivity index (χ3n) is 1.41. The zero-order valence-corrected chi connectivity index (χ0v) is 6.79. The minimum Gasteiger partial charge on any atom is -0.147 e. The molecule has 0 aliphatic carbocycles. The number of hydrogen-bond acceptors (Lipinski definition) is 1. The molecule has 0 saturated carbocycles. The lowest BCUT2D eigenvalue weighted by molar-refractivity contribution is 1.51. The van der Waals surface area contributed by atoms with Crippen LogP contribution in [0.4, 0.5) is 0 Å². The Morgan fingerprint density at radius 1 is 1.11 bits per heavy atom. The van der Waals surface area contributed by atoms with Crippen molar-refractivity contribution in [3.63, 3.8) is 0 Å². The van der Waals surface area contributed by atoms with E-state index in [4.69, 9.17) is 0 Å². The maximum Gasteiger partial charge on any atom is 0.108 e. The highest BCUT2D eigenvalue weighted by molar-refractivity contribution is 7.12. The number of rotatable bonds is 2. The zero-order valence-electron chi connectivity index (χ0n) is 5.98. The van der Waals surface area contributed by atoms with Crippen molar-refractivity contribution in [2.75, 3.05) is 0 Å². The van der Waals surface area contributed by atoms with Crippen LogP contribution in [0.25, 0.3) is 0 Å². The summed E-state index contributed by atoms with van der Waals surface area (Å²) < 4.78 is 0. The van der Waals surface area contributed by atoms with Crippen molar-refractivity contribution in [2.45, 2.75) is 12.6 Å². The monoisotopic (exact) mass is 136 g/mol. The van der Waals surface area contributed by atoms with Gasteiger partial charge >= 0.3 is 0 Å². The first-order chi connectivity index (χ1) is 4.36. The normalized spacial score (nSPS) is 9.78. The third-order valence-corrected chi connectivity index (χ3v) is 2.79. The predicted molar refractivity (Wildman–Crippen MR) is 48.8 cm³/mol. The molecule has 3 heteroatoms. The van der Waals surface area contributed by atoms with Gasteiger partial charge < -0.3 is 0 Å². The van der Waals surface area contributed by atoms with Crippen molar-refractivity contribution >= 4 is 27.0 Å². The molecule has 0 aromatic carbocycles. The Kier molecular flexibility index (Phi) is 2.40. The maximum atomic E-state index is 2.23. The molecule has 1 rings (SSSR count). The van der Waals surface area contributed by atoms with Gasteiger partial charge in [-0.2, -0.15) is 0 Å². The maximum absolute atomic E-state index is 2.23. The molecular formula is C6H10B2S. The molecule has 46 valence electrons. The molecule has 0 N–H and O–H groups in total. The SMILES string of the molecule is BCc1ccc(CB)s1. The average molecular weight is 136 g/mol. The highest BCUT2D eigenvalue weighted by Crippen LogP contribution is 2.15. The first kappa shape index (κ1) is 6.94. The summed E-state index contributed by atoms with van der Waals surface area (Å²) in [5.41, 5.74) is 0. The fraction of sp³-hybridized carbons (Fsp3) is 0.333. The second-order valence-electron chi connectivity index (χ2n) is 2.08. The van der Waals surface area contributed by atoms with Gasteiger partial charge in [-0.25, -0.2) is 0 Å². The van der Waals surface area contributed by atoms with Gasteiger partial charge in [0.25, 0.3) is 0 Å². The van der Waals surface area contributed by atoms with Gasteiger partial charge in [0.15, 0.2) is 0 Å². The summed E-state index contributed by atoms with van der Waals surface area (Å²) in [6.45, 7) is 0. The van der Waals surface area contributed by atoms with Gasteiger partial charge in [-0.3, -0.25) is 0 Å². The fourth-order valence-electron chi connectivity index (χ4n) is 0.802. The van der Waals surface area contributed by atoms with Gasteiger partial charge in [0, 0.05) is 0 Å². The van der Waals surface area contributed by atoms with Gasteiger partial charge in [-0.05, 0) is 34.5 Å². The summed E-state index contributed by atoms with van der Waals surface area (Å²) >= 11 is 1.93. The van der Waals surface area contributed by atoms with Crippen LogP contribution in [0.1, 0.15) is 9.75 Å². The summed E-state index contributed by atoms with van der Waals surface area (Å²) in [4.78, 5) is 3.01. The predicted octanol–water partition coefficient (Wildman–Crippen LogP) is 0.0143. The van der Waals surface area contributed by atoms with Crippen LogP contribution in [0.2, 0.25) is 0 Å². The highest BCUT2D eigenvalue weighted by atomic mass is 32.1. The molecule has 0 spiro atoms. The van der Waals surface area contributed by atoms with E-state index < -0.39 is 0 Å². The molecule has 0 saturated heterocycles. The minimum absolute atomic E-state index is 1.19. The Bertz CT molecular complexity index is 164. The van der Waals surface area contributed by atoms with Gasteiger partial charge in [0.05, 0.1) is 0 Å². The molecule has 0 nitrogen and oxygen atoms in total. The molecule has 0 fully saturated rings. The van der Waals surface area contributed by atoms with Crippen LogP contribution in [-0.2, 0) is 12.6 Å². The van der Waals surface area contributed by atoms with Gasteiger partial charge in [0.1, 0.15) is 15.7 Å². The molecule has 0 radical (unpaired) electrons. The van der Waals surface area contributed by atoms with E-state index in [0.717, 1.165) is 0 Å². The van der Waals surface area contributed by atoms with E-state index in [-0.39, 0.29) is 0 Å². The molecular weight excluding hydrogens is 126 g/mol. The summed E-state index contributed by atoms with van der Waals surface area (Å²) in [5, 5.41) is 0. The number of hydrogen-bond donors (Lipinski definition) is 0. The molecule has 0 unspecified atom stereocenters. The Morgan fingerprint density at radius 2 is 1.56 bits per heavy atom. The Hall–Kier alpha value is -0.170. The standard InChI is InChI=1S/C6H10B2S/c7-3-5-1-2-6(4-8)9-5/h1-2H,3-4,7-8H2. The van der Waals surface area contributed by atoms with Crippen molar-refractivity contribution in [3.05, 3.63) is 21.9 Å². The van der Waals surface area contributed by atoms with Crippen LogP contribution in [0.3, 0.4) is 0 Å². The van der Waals surface area contributed by atoms with Gasteiger partial charge in [-0.1, -0.05) is 0 Å². The molecule has 9 heavy (non-hydrogen) atoms. The van der Waals surface area contributed by atoms with Crippen molar-refractivity contribution < 1.29 is 0 Å². The first-order valence-electron chi connectivity index (χ1n) is 3.44. The van der Waals surface area contributed by atoms with Crippen LogP contribution in [0.5, 0.6) is 0 Å². The summed E-state index contributed by atoms with van der Waals surface area (Å²) in [7, 11) is 4.40. The fourth-order valence-corrected chi connectivity index (χ4v) is 1.70. The van der Waals surface area contributed by atoms with E-state index in [0.29, 0.717) is 0 Å². The quantitative estimate of drug-likeness (QED) is 0.502. The van der Waals surface area contributed by atoms with Crippen molar-refractivity contribution in [1.29, 1.82) is 0 Å². The molecule has 1 aromatic rings. The average Bonchev–Trinajstić information content (AvgIpc) is 2.34. The largest absolute Gasteiger partial charge is 0.147 e. The van der Waals surface area contributed by atoms with Crippen molar-refractivity contribution in [1.82, 2.24) is 0 Å². The Morgan fingerprint density at radius 3 is 1.78 bits per heavy atom. The Labute approximate surface area is 62.1 Å². The van der Waals surface area contributed by atoms with Crippen LogP contribution in [0.15, 0.2) is 12.1 Å². The lowest BCUT2D eigenvalue weighted by Crippen LogP contribution is -1.73. The van der Waals surface area contributed by atoms with Crippen molar-refractivity contribution in [2.24, 2.45) is 0 Å². The van der Waals surface area contributed by atoms with E-state index in [1.165, 1.54) is 22.4 Å². The van der Waals surface area contributed by atoms with Crippen molar-refractivity contribution in [3.8, 4) is 0 Å². The van der Waals surface area contributed by atoms with Crippen LogP contribution < -0.4 is 0 Å². The zero-order chi connectivity index (χ0) is 6.69. The molecule has 0 aliphatic heterocycles. The molecule has 0 bridgehead atoms. The second-order valence-corrected chi connectivity index (χ2v) is 3.33. The topological polar surface area (TPSA) is 0 Å². The van der Waals surface area contributed by atoms with Crippen LogP contribution in [-0.4, -0.2) is 15.7 Å². The third kappa shape index (κ3) is 1.62. The molecule has 0 aliphatic rings. The van der Waals surface area contributed by atoms with E-state index in [1.807, 2.05) is 11.3 Å². The summed E-state index contributed by atoms with van der Waals surface area (Å²) in [6, 6.07) is 4.45. The molecule has 0 amide bonds. The van der Waals surface area contributed by atoms with Gasteiger partial charge in [0.2, 0.25) is 0 Å². The molecule has 0 atom stereocenters. The smallest absolute Gasteiger partial charge is 0.108 e. The second kappa shape index (κ2) is 3.11. The lowest BCUT2D eigenvalue weighted by atomic mass is 10.0. The summed E-state index contributed by atoms with van der Waals surface area (Å²) in [5.74, 6) is 0. The van der Waals surface area contributed by atoms with Gasteiger partial charge in [-0.15, -0.1) is 11.3 Å². The molecule has 1 heterocycles. The van der Waals surface area contributed by atoms with E-state index >= 15 is 0 Å². The van der Waals surface area contributed by atoms with E-state index in [2.05, 4.69) is 27.8 Å². The molecule has 1 aromatic heterocycles. The summed E-state index contributed by atoms with van der Waals surface area (Å²) in [6.07, 6.45) is 2.37. The Balaban J connectivity index is 2.74. The van der Waals surface area contributed by atoms with Crippen LogP contribution in [0, 0.1) is 0 Å². The van der Waals surface area contributed by atoms with E-state index in [9.17, 15) is 0 Å². The first-order valence-corrected chi connectivity index (χ1v) is 4.26. The van der Waals surface area contributed by atoms with Crippen LogP contribution >= 0.6 is 11.3 Å². The lowest BCUT2D eigenvalue weighted by Gasteiger charge is -1.83. The minimum atomic E-state index is 1.19. The number of thiophene rings is 1.